The number of aromatic nitrogens is 1. The van der Waals surface area contributed by atoms with Gasteiger partial charge in [0.25, 0.3) is 5.91 Å². The number of carbonyl (C=O) groups excluding carboxylic acids is 1. The summed E-state index contributed by atoms with van der Waals surface area (Å²) in [6, 6.07) is 11.2. The fourth-order valence-corrected chi connectivity index (χ4v) is 1.73. The summed E-state index contributed by atoms with van der Waals surface area (Å²) < 4.78 is 0. The Kier molecular flexibility index (Phi) is 3.60. The van der Waals surface area contributed by atoms with Crippen LogP contribution in [0.2, 0.25) is 0 Å². The molecule has 0 unspecified atom stereocenters. The van der Waals surface area contributed by atoms with Crippen LogP contribution in [0, 0.1) is 0 Å². The number of hydrogen-bond acceptors (Lipinski definition) is 2. The molecule has 4 heteroatoms. The van der Waals surface area contributed by atoms with Gasteiger partial charge in [-0.25, -0.2) is 0 Å². The number of para-hydroxylation sites is 1. The van der Waals surface area contributed by atoms with Crippen molar-refractivity contribution in [1.82, 2.24) is 4.98 Å². The summed E-state index contributed by atoms with van der Waals surface area (Å²) in [7, 11) is 0. The van der Waals surface area contributed by atoms with Crippen molar-refractivity contribution in [1.29, 1.82) is 0 Å². The Morgan fingerprint density at radius 3 is 2.47 bits per heavy atom. The van der Waals surface area contributed by atoms with Gasteiger partial charge in [0.15, 0.2) is 0 Å². The Bertz CT molecular complexity index is 552. The van der Waals surface area contributed by atoms with Crippen LogP contribution in [0.25, 0.3) is 0 Å². The fraction of sp³-hybridized carbons (Fsp3) is 0.267. The van der Waals surface area contributed by atoms with Gasteiger partial charge in [-0.3, -0.25) is 4.79 Å². The van der Waals surface area contributed by atoms with E-state index in [-0.39, 0.29) is 11.4 Å². The molecule has 0 aliphatic carbocycles. The fourth-order valence-electron chi connectivity index (χ4n) is 1.73. The zero-order valence-electron chi connectivity index (χ0n) is 11.4. The maximum absolute atomic E-state index is 12.0. The van der Waals surface area contributed by atoms with Crippen molar-refractivity contribution in [2.45, 2.75) is 26.3 Å². The van der Waals surface area contributed by atoms with Gasteiger partial charge in [-0.2, -0.15) is 0 Å². The molecule has 0 fully saturated rings. The lowest BCUT2D eigenvalue weighted by molar-refractivity contribution is 0.102. The first-order valence-electron chi connectivity index (χ1n) is 6.27. The lowest BCUT2D eigenvalue weighted by Crippen LogP contribution is -2.26. The lowest BCUT2D eigenvalue weighted by Gasteiger charge is -2.20. The summed E-state index contributed by atoms with van der Waals surface area (Å²) in [5, 5.41) is 6.13. The van der Waals surface area contributed by atoms with Gasteiger partial charge in [-0.15, -0.1) is 0 Å². The van der Waals surface area contributed by atoms with Gasteiger partial charge < -0.3 is 15.6 Å². The normalized spacial score (nSPS) is 11.1. The summed E-state index contributed by atoms with van der Waals surface area (Å²) in [6.07, 6.45) is 1.70. The minimum atomic E-state index is -0.121. The molecule has 4 nitrogen and oxygen atoms in total. The molecule has 19 heavy (non-hydrogen) atoms. The molecule has 1 amide bonds. The quantitative estimate of drug-likeness (QED) is 0.788. The van der Waals surface area contributed by atoms with Gasteiger partial charge in [0, 0.05) is 17.4 Å². The van der Waals surface area contributed by atoms with Crippen LogP contribution < -0.4 is 10.6 Å². The summed E-state index contributed by atoms with van der Waals surface area (Å²) in [6.45, 7) is 6.20. The van der Waals surface area contributed by atoms with Crippen molar-refractivity contribution >= 4 is 17.4 Å². The van der Waals surface area contributed by atoms with Crippen LogP contribution in [0.1, 0.15) is 31.1 Å². The van der Waals surface area contributed by atoms with Crippen molar-refractivity contribution in [3.8, 4) is 0 Å². The molecular formula is C15H19N3O. The Hall–Kier alpha value is -2.23. The largest absolute Gasteiger partial charge is 0.367 e. The highest BCUT2D eigenvalue weighted by Gasteiger charge is 2.13. The Morgan fingerprint density at radius 1 is 1.16 bits per heavy atom. The number of hydrogen-bond donors (Lipinski definition) is 3. The second-order valence-electron chi connectivity index (χ2n) is 5.50. The first-order chi connectivity index (χ1) is 8.94. The third-order valence-electron chi connectivity index (χ3n) is 2.49. The standard InChI is InChI=1S/C15H19N3O/c1-15(2,3)18-13-9-11(10-16-13)14(19)17-12-7-5-4-6-8-12/h4-10,16,18H,1-3H3,(H,17,19). The first-order valence-corrected chi connectivity index (χ1v) is 6.27. The molecule has 2 aromatic rings. The molecule has 1 heterocycles. The topological polar surface area (TPSA) is 56.9 Å². The van der Waals surface area contributed by atoms with Crippen LogP contribution in [0.4, 0.5) is 11.5 Å². The Labute approximate surface area is 113 Å². The number of amides is 1. The molecule has 0 spiro atoms. The SMILES string of the molecule is CC(C)(C)Nc1cc(C(=O)Nc2ccccc2)c[nH]1. The van der Waals surface area contributed by atoms with E-state index in [2.05, 4.69) is 36.4 Å². The van der Waals surface area contributed by atoms with Crippen LogP contribution in [0.5, 0.6) is 0 Å². The number of nitrogens with one attached hydrogen (secondary N) is 3. The smallest absolute Gasteiger partial charge is 0.257 e. The van der Waals surface area contributed by atoms with Crippen LogP contribution in [0.3, 0.4) is 0 Å². The van der Waals surface area contributed by atoms with Gasteiger partial charge in [0.2, 0.25) is 0 Å². The molecule has 0 saturated carbocycles. The average molecular weight is 257 g/mol. The molecule has 0 bridgehead atoms. The Morgan fingerprint density at radius 2 is 1.84 bits per heavy atom. The number of aromatic amines is 1. The van der Waals surface area contributed by atoms with E-state index in [0.29, 0.717) is 5.56 Å². The highest BCUT2D eigenvalue weighted by molar-refractivity contribution is 6.04. The van der Waals surface area contributed by atoms with Crippen molar-refractivity contribution in [3.63, 3.8) is 0 Å². The van der Waals surface area contributed by atoms with Crippen molar-refractivity contribution in [2.24, 2.45) is 0 Å². The molecule has 0 aliphatic heterocycles. The maximum Gasteiger partial charge on any atom is 0.257 e. The molecule has 1 aromatic carbocycles. The van der Waals surface area contributed by atoms with E-state index in [4.69, 9.17) is 0 Å². The molecule has 100 valence electrons. The van der Waals surface area contributed by atoms with E-state index in [9.17, 15) is 4.79 Å². The van der Waals surface area contributed by atoms with Crippen LogP contribution in [-0.4, -0.2) is 16.4 Å². The number of H-pyrrole nitrogens is 1. The number of anilines is 2. The third-order valence-corrected chi connectivity index (χ3v) is 2.49. The molecule has 0 saturated heterocycles. The average Bonchev–Trinajstić information content (AvgIpc) is 2.76. The Balaban J connectivity index is 2.04. The van der Waals surface area contributed by atoms with Gasteiger partial charge >= 0.3 is 0 Å². The second kappa shape index (κ2) is 5.18. The predicted molar refractivity (Wildman–Crippen MR) is 78.6 cm³/mol. The number of benzene rings is 1. The number of rotatable bonds is 3. The van der Waals surface area contributed by atoms with E-state index >= 15 is 0 Å². The molecule has 0 atom stereocenters. The van der Waals surface area contributed by atoms with E-state index < -0.39 is 0 Å². The van der Waals surface area contributed by atoms with Crippen molar-refractivity contribution in [2.75, 3.05) is 10.6 Å². The monoisotopic (exact) mass is 257 g/mol. The highest BCUT2D eigenvalue weighted by atomic mass is 16.1. The highest BCUT2D eigenvalue weighted by Crippen LogP contribution is 2.16. The van der Waals surface area contributed by atoms with Gasteiger partial charge in [-0.05, 0) is 39.0 Å². The van der Waals surface area contributed by atoms with Crippen LogP contribution in [0.15, 0.2) is 42.6 Å². The van der Waals surface area contributed by atoms with E-state index in [0.717, 1.165) is 11.5 Å². The molecular weight excluding hydrogens is 238 g/mol. The minimum absolute atomic E-state index is 0.0436. The minimum Gasteiger partial charge on any atom is -0.367 e. The van der Waals surface area contributed by atoms with E-state index in [1.807, 2.05) is 36.4 Å². The first kappa shape index (κ1) is 13.2. The molecule has 3 N–H and O–H groups in total. The van der Waals surface area contributed by atoms with Crippen LogP contribution in [-0.2, 0) is 0 Å². The molecule has 2 rings (SSSR count). The number of carbonyl (C=O) groups is 1. The maximum atomic E-state index is 12.0. The predicted octanol–water partition coefficient (Wildman–Crippen LogP) is 3.48. The van der Waals surface area contributed by atoms with Gasteiger partial charge in [-0.1, -0.05) is 18.2 Å². The van der Waals surface area contributed by atoms with Gasteiger partial charge in [0.05, 0.1) is 5.56 Å². The molecule has 0 radical (unpaired) electrons. The lowest BCUT2D eigenvalue weighted by atomic mass is 10.1. The van der Waals surface area contributed by atoms with Crippen LogP contribution >= 0.6 is 0 Å². The summed E-state index contributed by atoms with van der Waals surface area (Å²) in [4.78, 5) is 15.1. The van der Waals surface area contributed by atoms with E-state index in [1.165, 1.54) is 0 Å². The zero-order valence-corrected chi connectivity index (χ0v) is 11.4. The van der Waals surface area contributed by atoms with E-state index in [1.54, 1.807) is 6.20 Å². The molecule has 1 aromatic heterocycles. The summed E-state index contributed by atoms with van der Waals surface area (Å²) >= 11 is 0. The van der Waals surface area contributed by atoms with Gasteiger partial charge in [0.1, 0.15) is 5.82 Å². The summed E-state index contributed by atoms with van der Waals surface area (Å²) in [5.74, 6) is 0.718. The molecule has 0 aliphatic rings. The third kappa shape index (κ3) is 3.88. The van der Waals surface area contributed by atoms with Crippen molar-refractivity contribution < 1.29 is 4.79 Å². The summed E-state index contributed by atoms with van der Waals surface area (Å²) in [5.41, 5.74) is 1.35. The zero-order chi connectivity index (χ0) is 13.9. The second-order valence-corrected chi connectivity index (χ2v) is 5.50. The van der Waals surface area contributed by atoms with Crippen molar-refractivity contribution in [3.05, 3.63) is 48.2 Å².